The van der Waals surface area contributed by atoms with Crippen LogP contribution in [0.15, 0.2) is 0 Å². The summed E-state index contributed by atoms with van der Waals surface area (Å²) in [6.07, 6.45) is 7.82. The zero-order valence-corrected chi connectivity index (χ0v) is 38.6. The maximum absolute atomic E-state index is 2.77. The Hall–Kier alpha value is -0.280. The van der Waals surface area contributed by atoms with Crippen LogP contribution in [0.25, 0.3) is 0 Å². The predicted octanol–water partition coefficient (Wildman–Crippen LogP) is 8.27. The molecule has 52 heavy (non-hydrogen) atoms. The zero-order valence-electron chi connectivity index (χ0n) is 38.6. The first-order chi connectivity index (χ1) is 24.5. The van der Waals surface area contributed by atoms with Crippen molar-refractivity contribution in [3.8, 4) is 0 Å². The van der Waals surface area contributed by atoms with E-state index in [9.17, 15) is 0 Å². The van der Waals surface area contributed by atoms with Crippen molar-refractivity contribution in [2.45, 2.75) is 122 Å². The molecule has 0 aliphatic rings. The van der Waals surface area contributed by atoms with Crippen LogP contribution >= 0.6 is 0 Å². The van der Waals surface area contributed by atoms with E-state index in [2.05, 4.69) is 139 Å². The van der Waals surface area contributed by atoms with Gasteiger partial charge in [-0.3, -0.25) is 4.90 Å². The summed E-state index contributed by atoms with van der Waals surface area (Å²) in [6.45, 7) is 49.7. The van der Waals surface area contributed by atoms with Gasteiger partial charge in [0.1, 0.15) is 0 Å². The van der Waals surface area contributed by atoms with E-state index in [0.29, 0.717) is 0 Å². The fourth-order valence-electron chi connectivity index (χ4n) is 6.19. The second kappa shape index (κ2) is 31.9. The summed E-state index contributed by atoms with van der Waals surface area (Å²) in [5.74, 6) is 4.64. The summed E-state index contributed by atoms with van der Waals surface area (Å²) in [6, 6.07) is 0. The molecule has 0 saturated heterocycles. The summed E-state index contributed by atoms with van der Waals surface area (Å²) in [7, 11) is 7.06. The third-order valence-electron chi connectivity index (χ3n) is 10.9. The minimum absolute atomic E-state index is 0.774. The fourth-order valence-corrected chi connectivity index (χ4v) is 6.19. The second-order valence-electron chi connectivity index (χ2n) is 19.4. The largest absolute Gasteiger partial charge is 0.304 e. The molecule has 314 valence electrons. The average molecular weight is 738 g/mol. The SMILES string of the molecule is CC(C)CCN(CCC(C)C)CCN(C)CCN(CCN(C)CCN(CCC(C)C)CCC(C)C)CCN(C)CCN(CCC(C)C)CCC(C)C. The number of hydrogen-bond acceptors (Lipinski definition) is 7. The Morgan fingerprint density at radius 2 is 0.346 bits per heavy atom. The van der Waals surface area contributed by atoms with Crippen molar-refractivity contribution < 1.29 is 0 Å². The van der Waals surface area contributed by atoms with Crippen molar-refractivity contribution in [2.75, 3.05) is 139 Å². The minimum atomic E-state index is 0.774. The van der Waals surface area contributed by atoms with Gasteiger partial charge in [-0.2, -0.15) is 0 Å². The Morgan fingerprint density at radius 1 is 0.212 bits per heavy atom. The third-order valence-corrected chi connectivity index (χ3v) is 10.9. The topological polar surface area (TPSA) is 22.7 Å². The summed E-state index contributed by atoms with van der Waals surface area (Å²) in [5.41, 5.74) is 0. The van der Waals surface area contributed by atoms with Gasteiger partial charge in [0.25, 0.3) is 0 Å². The van der Waals surface area contributed by atoms with Gasteiger partial charge in [-0.15, -0.1) is 0 Å². The Bertz CT molecular complexity index is 635. The maximum atomic E-state index is 2.77. The van der Waals surface area contributed by atoms with Crippen LogP contribution in [0.4, 0.5) is 0 Å². The first-order valence-corrected chi connectivity index (χ1v) is 22.4. The van der Waals surface area contributed by atoms with Gasteiger partial charge in [0, 0.05) is 78.5 Å². The molecule has 0 saturated carbocycles. The van der Waals surface area contributed by atoms with Gasteiger partial charge in [0.05, 0.1) is 0 Å². The molecule has 0 amide bonds. The van der Waals surface area contributed by atoms with Crippen LogP contribution in [-0.4, -0.2) is 173 Å². The molecule has 0 bridgehead atoms. The van der Waals surface area contributed by atoms with E-state index < -0.39 is 0 Å². The molecule has 0 aliphatic carbocycles. The molecular weight excluding hydrogens is 639 g/mol. The standard InChI is InChI=1S/C45H99N7/c1-40(2)16-22-49(23-17-41(3)4)34-28-46(13)31-37-52(38-32-47(14)29-35-50(24-18-42(5)6)25-19-43(7)8)39-33-48(15)30-36-51(26-20-44(9)10)27-21-45(11)12/h40-45H,16-39H2,1-15H3. The van der Waals surface area contributed by atoms with Gasteiger partial charge in [0.15, 0.2) is 0 Å². The van der Waals surface area contributed by atoms with Crippen LogP contribution in [-0.2, 0) is 0 Å². The van der Waals surface area contributed by atoms with Crippen molar-refractivity contribution in [3.05, 3.63) is 0 Å². The molecule has 0 aliphatic heterocycles. The van der Waals surface area contributed by atoms with Crippen LogP contribution in [0.1, 0.15) is 122 Å². The number of rotatable bonds is 36. The molecule has 0 aromatic heterocycles. The molecule has 0 rings (SSSR count). The zero-order chi connectivity index (χ0) is 39.5. The first-order valence-electron chi connectivity index (χ1n) is 22.4. The Balaban J connectivity index is 5.30. The molecule has 0 aromatic carbocycles. The molecule has 0 unspecified atom stereocenters. The lowest BCUT2D eigenvalue weighted by molar-refractivity contribution is 0.153. The molecule has 7 heteroatoms. The Kier molecular flexibility index (Phi) is 31.7. The summed E-state index contributed by atoms with van der Waals surface area (Å²) in [4.78, 5) is 18.8. The Morgan fingerprint density at radius 3 is 0.481 bits per heavy atom. The highest BCUT2D eigenvalue weighted by molar-refractivity contribution is 4.71. The minimum Gasteiger partial charge on any atom is -0.304 e. The van der Waals surface area contributed by atoms with Crippen LogP contribution in [0.3, 0.4) is 0 Å². The molecule has 0 atom stereocenters. The van der Waals surface area contributed by atoms with E-state index in [1.54, 1.807) is 0 Å². The lowest BCUT2D eigenvalue weighted by Crippen LogP contribution is -2.44. The predicted molar refractivity (Wildman–Crippen MR) is 235 cm³/mol. The quantitative estimate of drug-likeness (QED) is 0.0638. The number of hydrogen-bond donors (Lipinski definition) is 0. The van der Waals surface area contributed by atoms with Crippen LogP contribution in [0, 0.1) is 35.5 Å². The second-order valence-corrected chi connectivity index (χ2v) is 19.4. The van der Waals surface area contributed by atoms with E-state index in [-0.39, 0.29) is 0 Å². The van der Waals surface area contributed by atoms with Gasteiger partial charge < -0.3 is 29.4 Å². The van der Waals surface area contributed by atoms with E-state index in [4.69, 9.17) is 0 Å². The van der Waals surface area contributed by atoms with Crippen LogP contribution in [0.5, 0.6) is 0 Å². The lowest BCUT2D eigenvalue weighted by Gasteiger charge is -2.32. The van der Waals surface area contributed by atoms with Crippen molar-refractivity contribution in [1.82, 2.24) is 34.3 Å². The van der Waals surface area contributed by atoms with Gasteiger partial charge in [-0.05, 0) is 134 Å². The first kappa shape index (κ1) is 51.7. The van der Waals surface area contributed by atoms with Crippen LogP contribution in [0.2, 0.25) is 0 Å². The Labute approximate surface area is 329 Å². The fraction of sp³-hybridized carbons (Fsp3) is 1.00. The highest BCUT2D eigenvalue weighted by atomic mass is 15.3. The van der Waals surface area contributed by atoms with E-state index in [0.717, 1.165) is 94.4 Å². The third kappa shape index (κ3) is 33.1. The van der Waals surface area contributed by atoms with Crippen molar-refractivity contribution in [1.29, 1.82) is 0 Å². The molecule has 0 fully saturated rings. The summed E-state index contributed by atoms with van der Waals surface area (Å²) in [5, 5.41) is 0. The number of nitrogens with zero attached hydrogens (tertiary/aromatic N) is 7. The van der Waals surface area contributed by atoms with E-state index >= 15 is 0 Å². The monoisotopic (exact) mass is 738 g/mol. The van der Waals surface area contributed by atoms with Crippen molar-refractivity contribution in [2.24, 2.45) is 35.5 Å². The molecule has 0 heterocycles. The summed E-state index contributed by atoms with van der Waals surface area (Å²) < 4.78 is 0. The highest BCUT2D eigenvalue weighted by Crippen LogP contribution is 2.10. The maximum Gasteiger partial charge on any atom is 0.0110 e. The number of likely N-dealkylation sites (N-methyl/N-ethyl adjacent to an activating group) is 3. The van der Waals surface area contributed by atoms with Gasteiger partial charge in [0.2, 0.25) is 0 Å². The lowest BCUT2D eigenvalue weighted by atomic mass is 10.1. The van der Waals surface area contributed by atoms with E-state index in [1.165, 1.54) is 97.4 Å². The van der Waals surface area contributed by atoms with Gasteiger partial charge in [-0.1, -0.05) is 83.1 Å². The van der Waals surface area contributed by atoms with E-state index in [1.807, 2.05) is 0 Å². The highest BCUT2D eigenvalue weighted by Gasteiger charge is 2.15. The molecule has 0 radical (unpaired) electrons. The van der Waals surface area contributed by atoms with Crippen LogP contribution < -0.4 is 0 Å². The molecule has 0 spiro atoms. The van der Waals surface area contributed by atoms with Crippen molar-refractivity contribution in [3.63, 3.8) is 0 Å². The molecule has 0 N–H and O–H groups in total. The normalized spacial score (nSPS) is 13.2. The average Bonchev–Trinajstić information content (AvgIpc) is 3.05. The van der Waals surface area contributed by atoms with Crippen molar-refractivity contribution >= 4 is 0 Å². The van der Waals surface area contributed by atoms with Gasteiger partial charge >= 0.3 is 0 Å². The smallest absolute Gasteiger partial charge is 0.0110 e. The summed E-state index contributed by atoms with van der Waals surface area (Å²) >= 11 is 0. The molecule has 7 nitrogen and oxygen atoms in total. The molecular formula is C45H99N7. The molecule has 0 aromatic rings. The van der Waals surface area contributed by atoms with Gasteiger partial charge in [-0.25, -0.2) is 0 Å².